The maximum atomic E-state index is 12.4. The lowest BCUT2D eigenvalue weighted by Crippen LogP contribution is -2.15. The van der Waals surface area contributed by atoms with Crippen LogP contribution in [0.5, 0.6) is 0 Å². The Balaban J connectivity index is 1.93. The topological polar surface area (TPSA) is 80.7 Å². The third-order valence-electron chi connectivity index (χ3n) is 4.41. The quantitative estimate of drug-likeness (QED) is 0.747. The first kappa shape index (κ1) is 17.6. The van der Waals surface area contributed by atoms with Crippen molar-refractivity contribution in [3.63, 3.8) is 0 Å². The van der Waals surface area contributed by atoms with Gasteiger partial charge in [0.15, 0.2) is 9.84 Å². The van der Waals surface area contributed by atoms with E-state index in [-0.39, 0.29) is 21.6 Å². The Labute approximate surface area is 149 Å². The van der Waals surface area contributed by atoms with Crippen molar-refractivity contribution in [2.24, 2.45) is 5.92 Å². The molecule has 2 aliphatic rings. The van der Waals surface area contributed by atoms with E-state index in [2.05, 4.69) is 15.9 Å². The highest BCUT2D eigenvalue weighted by Gasteiger charge is 2.38. The maximum Gasteiger partial charge on any atom is 0.335 e. The summed E-state index contributed by atoms with van der Waals surface area (Å²) in [4.78, 5) is 11.9. The number of hydrogen-bond donors (Lipinski definition) is 1. The van der Waals surface area contributed by atoms with Crippen molar-refractivity contribution in [3.8, 4) is 0 Å². The molecule has 0 spiro atoms. The van der Waals surface area contributed by atoms with Crippen molar-refractivity contribution in [1.29, 1.82) is 0 Å². The van der Waals surface area contributed by atoms with Crippen LogP contribution in [0.15, 0.2) is 33.6 Å². The Morgan fingerprint density at radius 3 is 2.42 bits per heavy atom. The summed E-state index contributed by atoms with van der Waals surface area (Å²) in [5, 5.41) is 9.25. The highest BCUT2D eigenvalue weighted by Crippen LogP contribution is 2.37. The number of allylic oxidation sites excluding steroid dienone is 1. The van der Waals surface area contributed by atoms with Gasteiger partial charge >= 0.3 is 5.97 Å². The number of halogens is 1. The Morgan fingerprint density at radius 1 is 1.21 bits per heavy atom. The molecule has 1 saturated carbocycles. The lowest BCUT2D eigenvalue weighted by Gasteiger charge is -2.19. The lowest BCUT2D eigenvalue weighted by atomic mass is 9.94. The Hall–Kier alpha value is -1.18. The van der Waals surface area contributed by atoms with Crippen LogP contribution in [0.1, 0.15) is 31.2 Å². The average Bonchev–Trinajstić information content (AvgIpc) is 3.38. The number of carboxylic acids is 1. The molecule has 7 heteroatoms. The van der Waals surface area contributed by atoms with Gasteiger partial charge in [0.05, 0.1) is 15.7 Å². The van der Waals surface area contributed by atoms with Crippen LogP contribution in [0, 0.1) is 5.92 Å². The summed E-state index contributed by atoms with van der Waals surface area (Å²) in [6.45, 7) is 1.27. The Morgan fingerprint density at radius 2 is 1.88 bits per heavy atom. The van der Waals surface area contributed by atoms with E-state index in [0.717, 1.165) is 12.8 Å². The summed E-state index contributed by atoms with van der Waals surface area (Å²) in [5.41, 5.74) is 0.716. The molecular formula is C17H19BrO5S. The number of rotatable bonds is 5. The number of sulfone groups is 1. The van der Waals surface area contributed by atoms with Gasteiger partial charge in [-0.25, -0.2) is 13.2 Å². The van der Waals surface area contributed by atoms with Crippen molar-refractivity contribution < 1.29 is 23.1 Å². The van der Waals surface area contributed by atoms with Crippen LogP contribution in [-0.4, -0.2) is 38.0 Å². The fraction of sp³-hybridized carbons (Fsp3) is 0.471. The summed E-state index contributed by atoms with van der Waals surface area (Å²) in [6.07, 6.45) is 4.75. The zero-order valence-electron chi connectivity index (χ0n) is 13.1. The molecule has 0 amide bonds. The number of carbonyl (C=O) groups is 1. The largest absolute Gasteiger partial charge is 0.478 e. The number of ether oxygens (including phenoxy) is 1. The third kappa shape index (κ3) is 3.73. The SMILES string of the molecule is O=C(O)C(=CC1CCOCC1)c1ccc(S(=O)(=O)C2CC2)c(Br)c1. The summed E-state index contributed by atoms with van der Waals surface area (Å²) in [5.74, 6) is -0.843. The molecule has 0 radical (unpaired) electrons. The number of aliphatic carboxylic acids is 1. The van der Waals surface area contributed by atoms with Crippen LogP contribution < -0.4 is 0 Å². The normalized spacial score (nSPS) is 20.1. The van der Waals surface area contributed by atoms with Crippen LogP contribution in [0.3, 0.4) is 0 Å². The minimum absolute atomic E-state index is 0.165. The van der Waals surface area contributed by atoms with Crippen LogP contribution in [0.25, 0.3) is 5.57 Å². The lowest BCUT2D eigenvalue weighted by molar-refractivity contribution is -0.130. The van der Waals surface area contributed by atoms with Gasteiger partial charge in [0.1, 0.15) is 0 Å². The van der Waals surface area contributed by atoms with E-state index in [1.807, 2.05) is 0 Å². The fourth-order valence-corrected chi connectivity index (χ4v) is 5.63. The van der Waals surface area contributed by atoms with Crippen LogP contribution in [-0.2, 0) is 19.4 Å². The van der Waals surface area contributed by atoms with Gasteiger partial charge in [0, 0.05) is 17.7 Å². The van der Waals surface area contributed by atoms with Crippen molar-refractivity contribution in [2.45, 2.75) is 35.8 Å². The fourth-order valence-electron chi connectivity index (χ4n) is 2.87. The van der Waals surface area contributed by atoms with E-state index in [4.69, 9.17) is 4.74 Å². The van der Waals surface area contributed by atoms with Crippen molar-refractivity contribution in [1.82, 2.24) is 0 Å². The van der Waals surface area contributed by atoms with Crippen LogP contribution >= 0.6 is 15.9 Å². The van der Waals surface area contributed by atoms with E-state index < -0.39 is 15.8 Å². The van der Waals surface area contributed by atoms with E-state index in [0.29, 0.717) is 36.1 Å². The van der Waals surface area contributed by atoms with Gasteiger partial charge in [-0.3, -0.25) is 0 Å². The first-order valence-electron chi connectivity index (χ1n) is 7.96. The van der Waals surface area contributed by atoms with E-state index >= 15 is 0 Å². The minimum Gasteiger partial charge on any atom is -0.478 e. The average molecular weight is 415 g/mol. The number of benzene rings is 1. The highest BCUT2D eigenvalue weighted by atomic mass is 79.9. The summed E-state index contributed by atoms with van der Waals surface area (Å²) >= 11 is 3.30. The molecule has 0 aromatic heterocycles. The molecule has 1 aliphatic carbocycles. The molecule has 2 fully saturated rings. The number of carboxylic acid groups (broad SMARTS) is 1. The van der Waals surface area contributed by atoms with Crippen LogP contribution in [0.2, 0.25) is 0 Å². The molecule has 0 unspecified atom stereocenters. The molecular weight excluding hydrogens is 396 g/mol. The molecule has 1 heterocycles. The van der Waals surface area contributed by atoms with Crippen molar-refractivity contribution in [2.75, 3.05) is 13.2 Å². The second-order valence-corrected chi connectivity index (χ2v) is 9.28. The Bertz CT molecular complexity index is 774. The number of hydrogen-bond acceptors (Lipinski definition) is 4. The highest BCUT2D eigenvalue weighted by molar-refractivity contribution is 9.10. The minimum atomic E-state index is -3.32. The van der Waals surface area contributed by atoms with Gasteiger partial charge in [-0.2, -0.15) is 0 Å². The first-order chi connectivity index (χ1) is 11.4. The predicted molar refractivity (Wildman–Crippen MR) is 93.5 cm³/mol. The predicted octanol–water partition coefficient (Wildman–Crippen LogP) is 3.28. The molecule has 1 aliphatic heterocycles. The molecule has 0 atom stereocenters. The van der Waals surface area contributed by atoms with E-state index in [1.165, 1.54) is 6.07 Å². The molecule has 1 saturated heterocycles. The zero-order valence-corrected chi connectivity index (χ0v) is 15.5. The summed E-state index contributed by atoms with van der Waals surface area (Å²) < 4.78 is 30.5. The maximum absolute atomic E-state index is 12.4. The van der Waals surface area contributed by atoms with E-state index in [9.17, 15) is 18.3 Å². The summed E-state index contributed by atoms with van der Waals surface area (Å²) in [7, 11) is -3.32. The second-order valence-electron chi connectivity index (χ2n) is 6.22. The van der Waals surface area contributed by atoms with Gasteiger partial charge < -0.3 is 9.84 Å². The zero-order chi connectivity index (χ0) is 17.3. The van der Waals surface area contributed by atoms with Gasteiger partial charge in [-0.1, -0.05) is 12.1 Å². The van der Waals surface area contributed by atoms with Gasteiger partial charge in [-0.15, -0.1) is 0 Å². The second kappa shape index (κ2) is 6.98. The molecule has 5 nitrogen and oxygen atoms in total. The van der Waals surface area contributed by atoms with Crippen LogP contribution in [0.4, 0.5) is 0 Å². The molecule has 1 aromatic rings. The smallest absolute Gasteiger partial charge is 0.335 e. The molecule has 130 valence electrons. The molecule has 1 N–H and O–H groups in total. The monoisotopic (exact) mass is 414 g/mol. The molecule has 24 heavy (non-hydrogen) atoms. The Kier molecular flexibility index (Phi) is 5.13. The standard InChI is InChI=1S/C17H19BrO5S/c18-15-10-12(1-4-16(15)24(21,22)13-2-3-13)14(17(19)20)9-11-5-7-23-8-6-11/h1,4,9-11,13H,2-3,5-8H2,(H,19,20). The van der Waals surface area contributed by atoms with Gasteiger partial charge in [0.25, 0.3) is 0 Å². The van der Waals surface area contributed by atoms with Gasteiger partial charge in [0.2, 0.25) is 0 Å². The van der Waals surface area contributed by atoms with Gasteiger partial charge in [-0.05, 0) is 65.2 Å². The van der Waals surface area contributed by atoms with Crippen molar-refractivity contribution >= 4 is 37.3 Å². The first-order valence-corrected chi connectivity index (χ1v) is 10.3. The van der Waals surface area contributed by atoms with E-state index in [1.54, 1.807) is 18.2 Å². The third-order valence-corrected chi connectivity index (χ3v) is 7.65. The summed E-state index contributed by atoms with van der Waals surface area (Å²) in [6, 6.07) is 4.68. The van der Waals surface area contributed by atoms with Crippen molar-refractivity contribution in [3.05, 3.63) is 34.3 Å². The molecule has 1 aromatic carbocycles. The molecule has 3 rings (SSSR count). The molecule has 0 bridgehead atoms.